The molecule has 2 aromatic carbocycles. The number of benzene rings is 2. The van der Waals surface area contributed by atoms with E-state index in [2.05, 4.69) is 0 Å². The lowest BCUT2D eigenvalue weighted by Crippen LogP contribution is -2.38. The van der Waals surface area contributed by atoms with Crippen molar-refractivity contribution in [1.82, 2.24) is 4.90 Å². The van der Waals surface area contributed by atoms with E-state index in [0.717, 1.165) is 10.5 Å². The fourth-order valence-electron chi connectivity index (χ4n) is 3.01. The first-order valence-electron chi connectivity index (χ1n) is 8.23. The van der Waals surface area contributed by atoms with Crippen LogP contribution in [-0.2, 0) is 11.3 Å². The third-order valence-corrected chi connectivity index (χ3v) is 4.29. The Kier molecular flexibility index (Phi) is 4.32. The summed E-state index contributed by atoms with van der Waals surface area (Å²) in [5.41, 5.74) is 1.61. The zero-order chi connectivity index (χ0) is 18.1. The number of amides is 2. The molecule has 4 rings (SSSR count). The molecule has 1 atom stereocenters. The molecule has 2 aliphatic rings. The van der Waals surface area contributed by atoms with Crippen LogP contribution in [0.5, 0.6) is 11.5 Å². The van der Waals surface area contributed by atoms with Crippen molar-refractivity contribution in [3.63, 3.8) is 0 Å². The molecule has 0 radical (unpaired) electrons. The first-order valence-corrected chi connectivity index (χ1v) is 8.23. The highest BCUT2D eigenvalue weighted by atomic mass is 16.7. The fraction of sp³-hybridized carbons (Fsp3) is 0.263. The van der Waals surface area contributed by atoms with Gasteiger partial charge in [0.1, 0.15) is 0 Å². The summed E-state index contributed by atoms with van der Waals surface area (Å²) in [6.45, 7) is 0.379. The molecule has 1 unspecified atom stereocenters. The molecule has 0 aromatic heterocycles. The first kappa shape index (κ1) is 16.6. The quantitative estimate of drug-likeness (QED) is 0.792. The first-order chi connectivity index (χ1) is 12.6. The van der Waals surface area contributed by atoms with Crippen molar-refractivity contribution < 1.29 is 28.9 Å². The van der Waals surface area contributed by atoms with Crippen LogP contribution in [0.2, 0.25) is 0 Å². The minimum Gasteiger partial charge on any atom is -0.454 e. The van der Waals surface area contributed by atoms with E-state index >= 15 is 0 Å². The van der Waals surface area contributed by atoms with Crippen molar-refractivity contribution in [3.8, 4) is 11.5 Å². The molecule has 2 heterocycles. The van der Waals surface area contributed by atoms with Gasteiger partial charge in [-0.25, -0.2) is 0 Å². The largest absolute Gasteiger partial charge is 0.454 e. The number of nitrogens with zero attached hydrogens (tertiary/aromatic N) is 1. The average Bonchev–Trinajstić information content (AvgIpc) is 3.21. The minimum atomic E-state index is -0.966. The minimum absolute atomic E-state index is 0.00183. The van der Waals surface area contributed by atoms with Gasteiger partial charge in [-0.05, 0) is 29.8 Å². The standard InChI is InChI=1S/C19H17NO6/c21-13(8-20-18(22)14-3-1-2-4-15(14)19(20)23)10-24-9-12-5-6-16-17(7-12)26-11-25-16/h1-7,13,21H,8-11H2. The summed E-state index contributed by atoms with van der Waals surface area (Å²) in [7, 11) is 0. The van der Waals surface area contributed by atoms with Crippen molar-refractivity contribution in [2.45, 2.75) is 12.7 Å². The average molecular weight is 355 g/mol. The number of carbonyl (C=O) groups excluding carboxylic acids is 2. The van der Waals surface area contributed by atoms with E-state index in [4.69, 9.17) is 14.2 Å². The Morgan fingerprint density at radius 1 is 1.04 bits per heavy atom. The van der Waals surface area contributed by atoms with E-state index in [-0.39, 0.29) is 38.4 Å². The zero-order valence-electron chi connectivity index (χ0n) is 13.9. The Labute approximate surface area is 149 Å². The number of imide groups is 1. The van der Waals surface area contributed by atoms with Crippen molar-refractivity contribution >= 4 is 11.8 Å². The van der Waals surface area contributed by atoms with Gasteiger partial charge in [-0.3, -0.25) is 14.5 Å². The van der Waals surface area contributed by atoms with Gasteiger partial charge in [-0.1, -0.05) is 18.2 Å². The highest BCUT2D eigenvalue weighted by Crippen LogP contribution is 2.32. The number of aliphatic hydroxyl groups is 1. The molecule has 2 aliphatic heterocycles. The summed E-state index contributed by atoms with van der Waals surface area (Å²) in [5, 5.41) is 10.1. The molecule has 0 spiro atoms. The molecular weight excluding hydrogens is 338 g/mol. The molecule has 134 valence electrons. The second-order valence-corrected chi connectivity index (χ2v) is 6.12. The molecule has 1 N–H and O–H groups in total. The lowest BCUT2D eigenvalue weighted by Gasteiger charge is -2.18. The summed E-state index contributed by atoms with van der Waals surface area (Å²) < 4.78 is 16.0. The number of hydrogen-bond donors (Lipinski definition) is 1. The maximum absolute atomic E-state index is 12.3. The monoisotopic (exact) mass is 355 g/mol. The highest BCUT2D eigenvalue weighted by Gasteiger charge is 2.36. The summed E-state index contributed by atoms with van der Waals surface area (Å²) >= 11 is 0. The lowest BCUT2D eigenvalue weighted by atomic mass is 10.1. The predicted molar refractivity (Wildman–Crippen MR) is 90.0 cm³/mol. The second-order valence-electron chi connectivity index (χ2n) is 6.12. The van der Waals surface area contributed by atoms with Gasteiger partial charge in [0, 0.05) is 0 Å². The van der Waals surface area contributed by atoms with Crippen LogP contribution in [0.1, 0.15) is 26.3 Å². The van der Waals surface area contributed by atoms with Gasteiger partial charge < -0.3 is 19.3 Å². The van der Waals surface area contributed by atoms with Crippen molar-refractivity contribution in [2.75, 3.05) is 19.9 Å². The molecule has 2 amide bonds. The zero-order valence-corrected chi connectivity index (χ0v) is 13.9. The molecule has 26 heavy (non-hydrogen) atoms. The topological polar surface area (TPSA) is 85.3 Å². The second kappa shape index (κ2) is 6.78. The fourth-order valence-corrected chi connectivity index (χ4v) is 3.01. The Bertz CT molecular complexity index is 830. The van der Waals surface area contributed by atoms with Crippen molar-refractivity contribution in [3.05, 3.63) is 59.2 Å². The summed E-state index contributed by atoms with van der Waals surface area (Å²) in [5.74, 6) is 0.581. The van der Waals surface area contributed by atoms with Crippen molar-refractivity contribution in [1.29, 1.82) is 0 Å². The third-order valence-electron chi connectivity index (χ3n) is 4.29. The Balaban J connectivity index is 1.30. The van der Waals surface area contributed by atoms with Crippen molar-refractivity contribution in [2.24, 2.45) is 0 Å². The molecule has 0 aliphatic carbocycles. The molecule has 7 nitrogen and oxygen atoms in total. The van der Waals surface area contributed by atoms with Crippen LogP contribution in [-0.4, -0.2) is 47.9 Å². The van der Waals surface area contributed by atoms with E-state index in [0.29, 0.717) is 22.6 Å². The SMILES string of the molecule is O=C1c2ccccc2C(=O)N1CC(O)COCc1ccc2c(c1)OCO2. The molecule has 0 saturated heterocycles. The van der Waals surface area contributed by atoms with E-state index in [1.54, 1.807) is 30.3 Å². The number of fused-ring (bicyclic) bond motifs is 2. The van der Waals surface area contributed by atoms with Gasteiger partial charge >= 0.3 is 0 Å². The van der Waals surface area contributed by atoms with Crippen LogP contribution < -0.4 is 9.47 Å². The van der Waals surface area contributed by atoms with Crippen LogP contribution in [0.3, 0.4) is 0 Å². The molecule has 0 fully saturated rings. The Morgan fingerprint density at radius 3 is 2.46 bits per heavy atom. The van der Waals surface area contributed by atoms with E-state index < -0.39 is 6.10 Å². The van der Waals surface area contributed by atoms with Crippen LogP contribution in [0.4, 0.5) is 0 Å². The van der Waals surface area contributed by atoms with Crippen LogP contribution in [0.15, 0.2) is 42.5 Å². The molecule has 0 saturated carbocycles. The Hall–Kier alpha value is -2.90. The van der Waals surface area contributed by atoms with Crippen LogP contribution in [0.25, 0.3) is 0 Å². The van der Waals surface area contributed by atoms with Crippen LogP contribution in [0, 0.1) is 0 Å². The highest BCUT2D eigenvalue weighted by molar-refractivity contribution is 6.21. The summed E-state index contributed by atoms with van der Waals surface area (Å²) in [6, 6.07) is 12.1. The lowest BCUT2D eigenvalue weighted by molar-refractivity contribution is 0.0119. The number of ether oxygens (including phenoxy) is 3. The third kappa shape index (κ3) is 3.02. The number of β-amino-alcohol motifs (C(OH)–C–C–N with tert-alkyl or cyclic N) is 1. The number of rotatable bonds is 6. The number of carbonyl (C=O) groups is 2. The van der Waals surface area contributed by atoms with Gasteiger partial charge in [0.25, 0.3) is 11.8 Å². The van der Waals surface area contributed by atoms with E-state index in [9.17, 15) is 14.7 Å². The molecule has 7 heteroatoms. The molecular formula is C19H17NO6. The van der Waals surface area contributed by atoms with Gasteiger partial charge in [0.2, 0.25) is 6.79 Å². The van der Waals surface area contributed by atoms with Gasteiger partial charge in [-0.15, -0.1) is 0 Å². The van der Waals surface area contributed by atoms with Gasteiger partial charge in [0.05, 0.1) is 37.0 Å². The van der Waals surface area contributed by atoms with Crippen LogP contribution >= 0.6 is 0 Å². The summed E-state index contributed by atoms with van der Waals surface area (Å²) in [4.78, 5) is 25.6. The van der Waals surface area contributed by atoms with Gasteiger partial charge in [0.15, 0.2) is 11.5 Å². The van der Waals surface area contributed by atoms with E-state index in [1.807, 2.05) is 12.1 Å². The summed E-state index contributed by atoms with van der Waals surface area (Å²) in [6.07, 6.45) is -0.966. The number of hydrogen-bond acceptors (Lipinski definition) is 6. The normalized spacial score (nSPS) is 16.1. The number of aliphatic hydroxyl groups excluding tert-OH is 1. The smallest absolute Gasteiger partial charge is 0.261 e. The molecule has 0 bridgehead atoms. The Morgan fingerprint density at radius 2 is 1.73 bits per heavy atom. The van der Waals surface area contributed by atoms with Gasteiger partial charge in [-0.2, -0.15) is 0 Å². The predicted octanol–water partition coefficient (Wildman–Crippen LogP) is 1.59. The van der Waals surface area contributed by atoms with E-state index in [1.165, 1.54) is 0 Å². The molecule has 2 aromatic rings. The maximum Gasteiger partial charge on any atom is 0.261 e. The maximum atomic E-state index is 12.3.